The smallest absolute Gasteiger partial charge is 0.227 e. The molecule has 0 amide bonds. The van der Waals surface area contributed by atoms with Crippen LogP contribution in [0.15, 0.2) is 27.6 Å². The van der Waals surface area contributed by atoms with E-state index in [1.165, 1.54) is 5.56 Å². The number of piperidine rings is 1. The standard InChI is InChI=1S/C24H31N5O3S/c1-14(2)19(13-30)25-23-22-18(8-11-33(22)31)26-24(27-23)29-9-6-16(7-10-29)21-17-5-4-15(3)12-20(17)32-28-21/h4-5,12,14,16,19,30H,6-11,13H2,1-3H3,(H,25,26,27)/t19-,33?/m0/s1. The number of fused-ring (bicyclic) bond motifs is 2. The molecule has 0 radical (unpaired) electrons. The fourth-order valence-electron chi connectivity index (χ4n) is 4.73. The molecule has 2 aromatic heterocycles. The van der Waals surface area contributed by atoms with Crippen LogP contribution in [0.2, 0.25) is 0 Å². The molecule has 2 aliphatic rings. The minimum absolute atomic E-state index is 0.00497. The molecular weight excluding hydrogens is 438 g/mol. The van der Waals surface area contributed by atoms with Gasteiger partial charge >= 0.3 is 0 Å². The van der Waals surface area contributed by atoms with Crippen molar-refractivity contribution < 1.29 is 13.8 Å². The average Bonchev–Trinajstić information content (AvgIpc) is 3.40. The maximum atomic E-state index is 12.6. The molecule has 176 valence electrons. The Labute approximate surface area is 196 Å². The average molecular weight is 470 g/mol. The zero-order valence-electron chi connectivity index (χ0n) is 19.4. The van der Waals surface area contributed by atoms with Gasteiger partial charge in [-0.25, -0.2) is 4.98 Å². The molecule has 9 heteroatoms. The number of nitrogens with one attached hydrogen (secondary N) is 1. The van der Waals surface area contributed by atoms with Crippen molar-refractivity contribution in [3.8, 4) is 0 Å². The van der Waals surface area contributed by atoms with Crippen molar-refractivity contribution in [3.05, 3.63) is 35.2 Å². The summed E-state index contributed by atoms with van der Waals surface area (Å²) < 4.78 is 18.2. The number of rotatable bonds is 6. The molecule has 2 atom stereocenters. The van der Waals surface area contributed by atoms with E-state index in [0.29, 0.717) is 34.8 Å². The van der Waals surface area contributed by atoms with Crippen LogP contribution in [0.25, 0.3) is 11.0 Å². The molecule has 2 aliphatic heterocycles. The van der Waals surface area contributed by atoms with E-state index in [0.717, 1.165) is 48.3 Å². The highest BCUT2D eigenvalue weighted by molar-refractivity contribution is 7.85. The van der Waals surface area contributed by atoms with Crippen LogP contribution in [-0.2, 0) is 17.2 Å². The predicted octanol–water partition coefficient (Wildman–Crippen LogP) is 3.40. The van der Waals surface area contributed by atoms with Crippen molar-refractivity contribution in [2.75, 3.05) is 35.7 Å². The first-order valence-corrected chi connectivity index (χ1v) is 13.0. The summed E-state index contributed by atoms with van der Waals surface area (Å²) in [5.74, 6) is 2.42. The Balaban J connectivity index is 1.37. The van der Waals surface area contributed by atoms with Crippen molar-refractivity contribution in [2.45, 2.75) is 56.9 Å². The fourth-order valence-corrected chi connectivity index (χ4v) is 6.05. The predicted molar refractivity (Wildman–Crippen MR) is 129 cm³/mol. The highest BCUT2D eigenvalue weighted by Gasteiger charge is 2.31. The number of aromatic nitrogens is 3. The maximum absolute atomic E-state index is 12.6. The molecule has 8 nitrogen and oxygen atoms in total. The zero-order chi connectivity index (χ0) is 23.1. The van der Waals surface area contributed by atoms with Crippen LogP contribution >= 0.6 is 0 Å². The van der Waals surface area contributed by atoms with Gasteiger partial charge in [0.1, 0.15) is 10.7 Å². The number of hydrogen-bond donors (Lipinski definition) is 2. The van der Waals surface area contributed by atoms with Crippen LogP contribution in [0.3, 0.4) is 0 Å². The SMILES string of the molecule is Cc1ccc2c(C3CCN(c4nc5c(c(N[C@@H](CO)C(C)C)n4)S(=O)CC5)CC3)noc2c1. The zero-order valence-corrected chi connectivity index (χ0v) is 20.2. The summed E-state index contributed by atoms with van der Waals surface area (Å²) in [7, 11) is -1.10. The molecule has 0 bridgehead atoms. The van der Waals surface area contributed by atoms with Gasteiger partial charge in [-0.2, -0.15) is 4.98 Å². The number of anilines is 2. The Morgan fingerprint density at radius 2 is 2.06 bits per heavy atom. The first-order valence-electron chi connectivity index (χ1n) is 11.7. The number of benzene rings is 1. The summed E-state index contributed by atoms with van der Waals surface area (Å²) in [5, 5.41) is 18.6. The third-order valence-corrected chi connectivity index (χ3v) is 8.28. The Hall–Kier alpha value is -2.52. The van der Waals surface area contributed by atoms with E-state index in [9.17, 15) is 9.32 Å². The van der Waals surface area contributed by atoms with Crippen molar-refractivity contribution in [1.82, 2.24) is 15.1 Å². The molecule has 2 N–H and O–H groups in total. The van der Waals surface area contributed by atoms with E-state index in [1.54, 1.807) is 0 Å². The molecule has 5 rings (SSSR count). The number of aliphatic hydroxyl groups excluding tert-OH is 1. The van der Waals surface area contributed by atoms with Crippen molar-refractivity contribution in [1.29, 1.82) is 0 Å². The van der Waals surface area contributed by atoms with Crippen LogP contribution in [0, 0.1) is 12.8 Å². The maximum Gasteiger partial charge on any atom is 0.227 e. The minimum atomic E-state index is -1.10. The van der Waals surface area contributed by atoms with Crippen molar-refractivity contribution >= 4 is 33.5 Å². The largest absolute Gasteiger partial charge is 0.394 e. The third kappa shape index (κ3) is 4.24. The summed E-state index contributed by atoms with van der Waals surface area (Å²) in [4.78, 5) is 12.5. The van der Waals surface area contributed by atoms with E-state index in [1.807, 2.05) is 19.9 Å². The Bertz CT molecular complexity index is 1190. The molecular formula is C24H31N5O3S. The topological polar surface area (TPSA) is 104 Å². The van der Waals surface area contributed by atoms with Crippen molar-refractivity contribution in [3.63, 3.8) is 0 Å². The van der Waals surface area contributed by atoms with Gasteiger partial charge in [-0.3, -0.25) is 4.21 Å². The van der Waals surface area contributed by atoms with Gasteiger partial charge < -0.3 is 19.8 Å². The Kier molecular flexibility index (Phi) is 6.09. The Morgan fingerprint density at radius 3 is 2.79 bits per heavy atom. The second-order valence-electron chi connectivity index (χ2n) is 9.45. The van der Waals surface area contributed by atoms with E-state index in [-0.39, 0.29) is 18.6 Å². The van der Waals surface area contributed by atoms with Gasteiger partial charge in [-0.15, -0.1) is 0 Å². The van der Waals surface area contributed by atoms with Crippen LogP contribution in [0.4, 0.5) is 11.8 Å². The van der Waals surface area contributed by atoms with Crippen LogP contribution in [0.5, 0.6) is 0 Å². The van der Waals surface area contributed by atoms with E-state index >= 15 is 0 Å². The van der Waals surface area contributed by atoms with Crippen LogP contribution in [-0.4, -0.2) is 55.9 Å². The molecule has 0 spiro atoms. The van der Waals surface area contributed by atoms with E-state index in [2.05, 4.69) is 34.4 Å². The monoisotopic (exact) mass is 469 g/mol. The molecule has 33 heavy (non-hydrogen) atoms. The number of nitrogens with zero attached hydrogens (tertiary/aromatic N) is 4. The number of aryl methyl sites for hydroxylation is 2. The van der Waals surface area contributed by atoms with Gasteiger partial charge in [-0.1, -0.05) is 25.1 Å². The van der Waals surface area contributed by atoms with Gasteiger partial charge in [-0.05, 0) is 43.4 Å². The lowest BCUT2D eigenvalue weighted by Gasteiger charge is -2.32. The first-order chi connectivity index (χ1) is 15.9. The molecule has 1 aromatic carbocycles. The summed E-state index contributed by atoms with van der Waals surface area (Å²) in [6.45, 7) is 7.79. The van der Waals surface area contributed by atoms with Gasteiger partial charge in [0.05, 0.1) is 34.8 Å². The van der Waals surface area contributed by atoms with Gasteiger partial charge in [0.15, 0.2) is 5.58 Å². The molecule has 1 fully saturated rings. The second kappa shape index (κ2) is 9.02. The molecule has 0 saturated carbocycles. The van der Waals surface area contributed by atoms with Gasteiger partial charge in [0.25, 0.3) is 0 Å². The molecule has 1 unspecified atom stereocenters. The summed E-state index contributed by atoms with van der Waals surface area (Å²) in [6, 6.07) is 6.10. The molecule has 0 aliphatic carbocycles. The summed E-state index contributed by atoms with van der Waals surface area (Å²) in [6.07, 6.45) is 2.57. The molecule has 4 heterocycles. The third-order valence-electron chi connectivity index (χ3n) is 6.82. The second-order valence-corrected chi connectivity index (χ2v) is 11.0. The number of aliphatic hydroxyl groups is 1. The quantitative estimate of drug-likeness (QED) is 0.566. The van der Waals surface area contributed by atoms with E-state index in [4.69, 9.17) is 14.5 Å². The van der Waals surface area contributed by atoms with E-state index < -0.39 is 10.8 Å². The fraction of sp³-hybridized carbons (Fsp3) is 0.542. The van der Waals surface area contributed by atoms with Gasteiger partial charge in [0, 0.05) is 36.6 Å². The van der Waals surface area contributed by atoms with Gasteiger partial charge in [0.2, 0.25) is 5.95 Å². The lowest BCUT2D eigenvalue weighted by Crippen LogP contribution is -2.35. The molecule has 3 aromatic rings. The normalized spacial score (nSPS) is 19.9. The van der Waals surface area contributed by atoms with Crippen molar-refractivity contribution in [2.24, 2.45) is 5.92 Å². The van der Waals surface area contributed by atoms with Crippen LogP contribution in [0.1, 0.15) is 49.6 Å². The Morgan fingerprint density at radius 1 is 1.27 bits per heavy atom. The molecule has 1 saturated heterocycles. The highest BCUT2D eigenvalue weighted by Crippen LogP contribution is 2.35. The number of hydrogen-bond acceptors (Lipinski definition) is 8. The van der Waals surface area contributed by atoms with Crippen LogP contribution < -0.4 is 10.2 Å². The summed E-state index contributed by atoms with van der Waals surface area (Å²) >= 11 is 0. The minimum Gasteiger partial charge on any atom is -0.394 e. The lowest BCUT2D eigenvalue weighted by atomic mass is 9.91. The highest BCUT2D eigenvalue weighted by atomic mass is 32.2. The lowest BCUT2D eigenvalue weighted by molar-refractivity contribution is 0.249. The first kappa shape index (κ1) is 22.3. The summed E-state index contributed by atoms with van der Waals surface area (Å²) in [5.41, 5.74) is 3.92.